The average molecular weight is 341 g/mol. The Bertz CT molecular complexity index is 788. The van der Waals surface area contributed by atoms with Crippen molar-refractivity contribution in [2.75, 3.05) is 11.9 Å². The summed E-state index contributed by atoms with van der Waals surface area (Å²) in [5, 5.41) is 2.70. The van der Waals surface area contributed by atoms with Crippen molar-refractivity contribution < 1.29 is 14.3 Å². The van der Waals surface area contributed by atoms with Gasteiger partial charge >= 0.3 is 5.97 Å². The maximum absolute atomic E-state index is 12.6. The molecule has 0 saturated carbocycles. The molecule has 1 atom stereocenters. The first-order chi connectivity index (χ1) is 11.6. The van der Waals surface area contributed by atoms with E-state index in [1.54, 1.807) is 43.0 Å². The minimum atomic E-state index is -0.425. The first-order valence-electron chi connectivity index (χ1n) is 7.91. The lowest BCUT2D eigenvalue weighted by Crippen LogP contribution is -2.25. The van der Waals surface area contributed by atoms with Gasteiger partial charge in [0.15, 0.2) is 0 Å². The van der Waals surface area contributed by atoms with Crippen molar-refractivity contribution in [3.05, 3.63) is 59.2 Å². The van der Waals surface area contributed by atoms with Gasteiger partial charge in [0.05, 0.1) is 23.1 Å². The summed E-state index contributed by atoms with van der Waals surface area (Å²) < 4.78 is 5.04. The van der Waals surface area contributed by atoms with E-state index in [-0.39, 0.29) is 11.2 Å². The molecule has 1 N–H and O–H groups in total. The number of carbonyl (C=O) groups excluding carboxylic acids is 2. The molecular weight excluding hydrogens is 322 g/mol. The number of anilines is 1. The Morgan fingerprint density at radius 1 is 1.25 bits per heavy atom. The number of hydrogen-bond donors (Lipinski definition) is 1. The molecule has 3 rings (SSSR count). The Hall–Kier alpha value is -2.27. The summed E-state index contributed by atoms with van der Waals surface area (Å²) in [5.41, 5.74) is 3.26. The number of nitrogens with one attached hydrogen (secondary N) is 1. The molecule has 0 spiro atoms. The van der Waals surface area contributed by atoms with Crippen LogP contribution in [0.3, 0.4) is 0 Å². The number of benzene rings is 2. The smallest absolute Gasteiger partial charge is 0.340 e. The van der Waals surface area contributed by atoms with Crippen LogP contribution >= 0.6 is 11.8 Å². The van der Waals surface area contributed by atoms with E-state index in [1.165, 1.54) is 11.1 Å². The Morgan fingerprint density at radius 2 is 2.04 bits per heavy atom. The second-order valence-corrected chi connectivity index (χ2v) is 6.92. The van der Waals surface area contributed by atoms with Gasteiger partial charge < -0.3 is 10.1 Å². The normalized spacial score (nSPS) is 15.7. The highest BCUT2D eigenvalue weighted by Crippen LogP contribution is 2.38. The van der Waals surface area contributed by atoms with Crippen molar-refractivity contribution in [1.29, 1.82) is 0 Å². The molecule has 2 aromatic carbocycles. The lowest BCUT2D eigenvalue weighted by atomic mass is 10.1. The fourth-order valence-electron chi connectivity index (χ4n) is 2.67. The van der Waals surface area contributed by atoms with Crippen molar-refractivity contribution in [3.63, 3.8) is 0 Å². The molecule has 0 fully saturated rings. The fraction of sp³-hybridized carbons (Fsp3) is 0.263. The van der Waals surface area contributed by atoms with Gasteiger partial charge in [-0.1, -0.05) is 29.8 Å². The molecule has 0 unspecified atom stereocenters. The highest BCUT2D eigenvalue weighted by Gasteiger charge is 2.29. The van der Waals surface area contributed by atoms with Crippen LogP contribution in [0, 0.1) is 6.92 Å². The largest absolute Gasteiger partial charge is 0.462 e. The molecule has 2 aromatic rings. The molecule has 0 radical (unpaired) electrons. The predicted molar refractivity (Wildman–Crippen MR) is 95.6 cm³/mol. The van der Waals surface area contributed by atoms with Gasteiger partial charge in [0.25, 0.3) is 0 Å². The zero-order valence-electron chi connectivity index (χ0n) is 13.7. The van der Waals surface area contributed by atoms with E-state index in [2.05, 4.69) is 23.5 Å². The third kappa shape index (κ3) is 3.46. The maximum atomic E-state index is 12.6. The van der Waals surface area contributed by atoms with Gasteiger partial charge in [0.1, 0.15) is 0 Å². The number of amides is 1. The molecule has 4 nitrogen and oxygen atoms in total. The molecule has 0 aliphatic carbocycles. The molecule has 1 aliphatic rings. The van der Waals surface area contributed by atoms with Gasteiger partial charge in [-0.3, -0.25) is 4.79 Å². The van der Waals surface area contributed by atoms with Crippen LogP contribution in [-0.4, -0.2) is 23.7 Å². The van der Waals surface area contributed by atoms with E-state index < -0.39 is 5.97 Å². The molecular formula is C19H19NO3S. The van der Waals surface area contributed by atoms with E-state index in [0.717, 1.165) is 4.90 Å². The van der Waals surface area contributed by atoms with Crippen LogP contribution in [0.2, 0.25) is 0 Å². The Morgan fingerprint density at radius 3 is 2.83 bits per heavy atom. The number of esters is 1. The average Bonchev–Trinajstić information content (AvgIpc) is 2.98. The standard InChI is InChI=1S/C19H19NO3S/c1-3-23-19(22)14-6-4-5-7-15(14)20-18(21)17-11-13-9-8-12(2)10-16(13)24-17/h4-10,17H,3,11H2,1-2H3,(H,20,21)/t17-/m0/s1. The van der Waals surface area contributed by atoms with Gasteiger partial charge in [-0.15, -0.1) is 11.8 Å². The van der Waals surface area contributed by atoms with Crippen molar-refractivity contribution in [2.24, 2.45) is 0 Å². The van der Waals surface area contributed by atoms with E-state index in [9.17, 15) is 9.59 Å². The minimum Gasteiger partial charge on any atom is -0.462 e. The molecule has 24 heavy (non-hydrogen) atoms. The second kappa shape index (κ2) is 7.09. The van der Waals surface area contributed by atoms with Crippen LogP contribution in [0.25, 0.3) is 0 Å². The Kier molecular flexibility index (Phi) is 4.90. The quantitative estimate of drug-likeness (QED) is 0.859. The monoisotopic (exact) mass is 341 g/mol. The van der Waals surface area contributed by atoms with Crippen molar-refractivity contribution in [1.82, 2.24) is 0 Å². The molecule has 0 bridgehead atoms. The highest BCUT2D eigenvalue weighted by atomic mass is 32.2. The molecule has 1 amide bonds. The molecule has 0 saturated heterocycles. The van der Waals surface area contributed by atoms with Crippen molar-refractivity contribution in [3.8, 4) is 0 Å². The van der Waals surface area contributed by atoms with Gasteiger partial charge in [0, 0.05) is 4.90 Å². The SMILES string of the molecule is CCOC(=O)c1ccccc1NC(=O)[C@@H]1Cc2ccc(C)cc2S1. The van der Waals surface area contributed by atoms with Gasteiger partial charge in [-0.2, -0.15) is 0 Å². The van der Waals surface area contributed by atoms with Gasteiger partial charge in [0.2, 0.25) is 5.91 Å². The summed E-state index contributed by atoms with van der Waals surface area (Å²) in [4.78, 5) is 25.8. The first kappa shape index (κ1) is 16.6. The minimum absolute atomic E-state index is 0.0920. The van der Waals surface area contributed by atoms with Gasteiger partial charge in [-0.25, -0.2) is 4.79 Å². The lowest BCUT2D eigenvalue weighted by molar-refractivity contribution is -0.115. The summed E-state index contributed by atoms with van der Waals surface area (Å²) in [6, 6.07) is 13.2. The molecule has 1 aliphatic heterocycles. The van der Waals surface area contributed by atoms with Crippen LogP contribution in [0.4, 0.5) is 5.69 Å². The lowest BCUT2D eigenvalue weighted by Gasteiger charge is -2.13. The topological polar surface area (TPSA) is 55.4 Å². The van der Waals surface area contributed by atoms with Crippen LogP contribution in [0.1, 0.15) is 28.4 Å². The number of hydrogen-bond acceptors (Lipinski definition) is 4. The zero-order chi connectivity index (χ0) is 17.1. The molecule has 124 valence electrons. The maximum Gasteiger partial charge on any atom is 0.340 e. The van der Waals surface area contributed by atoms with Crippen LogP contribution in [0.5, 0.6) is 0 Å². The van der Waals surface area contributed by atoms with E-state index >= 15 is 0 Å². The molecule has 5 heteroatoms. The number of ether oxygens (including phenoxy) is 1. The third-order valence-corrected chi connectivity index (χ3v) is 5.17. The predicted octanol–water partition coefficient (Wildman–Crippen LogP) is 3.83. The number of rotatable bonds is 4. The molecule has 1 heterocycles. The third-order valence-electron chi connectivity index (χ3n) is 3.87. The van der Waals surface area contributed by atoms with E-state index in [4.69, 9.17) is 4.74 Å². The van der Waals surface area contributed by atoms with Crippen LogP contribution < -0.4 is 5.32 Å². The summed E-state index contributed by atoms with van der Waals surface area (Å²) >= 11 is 1.57. The Labute approximate surface area is 145 Å². The van der Waals surface area contributed by atoms with Crippen molar-refractivity contribution in [2.45, 2.75) is 30.4 Å². The second-order valence-electron chi connectivity index (χ2n) is 5.68. The fourth-order valence-corrected chi connectivity index (χ4v) is 3.97. The van der Waals surface area contributed by atoms with Crippen LogP contribution in [-0.2, 0) is 16.0 Å². The number of para-hydroxylation sites is 1. The summed E-state index contributed by atoms with van der Waals surface area (Å²) in [6.45, 7) is 4.10. The summed E-state index contributed by atoms with van der Waals surface area (Å²) in [6.07, 6.45) is 0.702. The number of thioether (sulfide) groups is 1. The van der Waals surface area contributed by atoms with E-state index in [1.807, 2.05) is 6.92 Å². The number of carbonyl (C=O) groups is 2. The van der Waals surface area contributed by atoms with Gasteiger partial charge in [-0.05, 0) is 44.0 Å². The summed E-state index contributed by atoms with van der Waals surface area (Å²) in [7, 11) is 0. The summed E-state index contributed by atoms with van der Waals surface area (Å²) in [5.74, 6) is -0.517. The van der Waals surface area contributed by atoms with Crippen molar-refractivity contribution >= 4 is 29.3 Å². The zero-order valence-corrected chi connectivity index (χ0v) is 14.5. The first-order valence-corrected chi connectivity index (χ1v) is 8.79. The highest BCUT2D eigenvalue weighted by molar-refractivity contribution is 8.01. The van der Waals surface area contributed by atoms with E-state index in [0.29, 0.717) is 24.3 Å². The number of fused-ring (bicyclic) bond motifs is 1. The van der Waals surface area contributed by atoms with Crippen LogP contribution in [0.15, 0.2) is 47.4 Å². The molecule has 0 aromatic heterocycles. The number of aryl methyl sites for hydroxylation is 1. The Balaban J connectivity index is 1.74.